The summed E-state index contributed by atoms with van der Waals surface area (Å²) in [6.07, 6.45) is 1.88. The fraction of sp³-hybridized carbons (Fsp3) is 0.353. The zero-order valence-corrected chi connectivity index (χ0v) is 12.4. The van der Waals surface area contributed by atoms with Crippen molar-refractivity contribution in [2.75, 3.05) is 32.4 Å². The highest BCUT2D eigenvalue weighted by molar-refractivity contribution is 5.29. The fourth-order valence-electron chi connectivity index (χ4n) is 2.90. The van der Waals surface area contributed by atoms with Gasteiger partial charge < -0.3 is 10.6 Å². The minimum Gasteiger partial charge on any atom is -0.384 e. The first-order chi connectivity index (χ1) is 10.2. The summed E-state index contributed by atoms with van der Waals surface area (Å²) in [6, 6.07) is 15.1. The molecule has 2 aromatic rings. The molecule has 1 atom stereocenters. The van der Waals surface area contributed by atoms with Crippen molar-refractivity contribution in [1.29, 1.82) is 0 Å². The third-order valence-corrected chi connectivity index (χ3v) is 4.11. The molecule has 1 fully saturated rings. The normalized spacial score (nSPS) is 20.5. The number of anilines is 1. The molecule has 0 radical (unpaired) electrons. The maximum atomic E-state index is 5.67. The fourth-order valence-corrected chi connectivity index (χ4v) is 2.90. The van der Waals surface area contributed by atoms with Crippen LogP contribution in [-0.4, -0.2) is 41.5 Å². The van der Waals surface area contributed by atoms with Crippen molar-refractivity contribution in [1.82, 2.24) is 14.8 Å². The molecule has 0 saturated carbocycles. The maximum absolute atomic E-state index is 5.67. The molecule has 4 heteroatoms. The second-order valence-corrected chi connectivity index (χ2v) is 5.75. The lowest BCUT2D eigenvalue weighted by molar-refractivity contribution is 0.0833. The molecule has 1 aromatic carbocycles. The lowest BCUT2D eigenvalue weighted by Crippen LogP contribution is -2.46. The Bertz CT molecular complexity index is 567. The van der Waals surface area contributed by atoms with Gasteiger partial charge in [-0.3, -0.25) is 4.90 Å². The van der Waals surface area contributed by atoms with Gasteiger partial charge in [-0.15, -0.1) is 0 Å². The van der Waals surface area contributed by atoms with Gasteiger partial charge in [0.2, 0.25) is 0 Å². The molecule has 1 aliphatic rings. The zero-order chi connectivity index (χ0) is 14.7. The molecule has 1 aromatic heterocycles. The Kier molecular flexibility index (Phi) is 4.18. The number of piperazine rings is 1. The molecule has 0 aliphatic carbocycles. The van der Waals surface area contributed by atoms with Crippen LogP contribution in [0.25, 0.3) is 0 Å². The van der Waals surface area contributed by atoms with Crippen LogP contribution in [0, 0.1) is 0 Å². The van der Waals surface area contributed by atoms with Gasteiger partial charge in [0.05, 0.1) is 0 Å². The van der Waals surface area contributed by atoms with Gasteiger partial charge in [0, 0.05) is 38.4 Å². The van der Waals surface area contributed by atoms with E-state index >= 15 is 0 Å². The van der Waals surface area contributed by atoms with Gasteiger partial charge in [0.15, 0.2) is 0 Å². The number of nitrogens with zero attached hydrogens (tertiary/aromatic N) is 3. The number of benzene rings is 1. The third-order valence-electron chi connectivity index (χ3n) is 4.11. The molecule has 1 unspecified atom stereocenters. The molecule has 0 amide bonds. The number of nitrogens with two attached hydrogens (primary N) is 1. The Morgan fingerprint density at radius 1 is 1.14 bits per heavy atom. The van der Waals surface area contributed by atoms with Gasteiger partial charge in [0.25, 0.3) is 0 Å². The Hall–Kier alpha value is -1.91. The van der Waals surface area contributed by atoms with Gasteiger partial charge in [-0.2, -0.15) is 0 Å². The molecule has 21 heavy (non-hydrogen) atoms. The summed E-state index contributed by atoms with van der Waals surface area (Å²) in [5.74, 6) is 0.580. The molecule has 3 rings (SSSR count). The number of nitrogen functional groups attached to an aromatic ring is 1. The number of rotatable bonds is 3. The van der Waals surface area contributed by atoms with E-state index in [1.807, 2.05) is 12.3 Å². The van der Waals surface area contributed by atoms with Crippen LogP contribution in [0.4, 0.5) is 5.82 Å². The maximum Gasteiger partial charge on any atom is 0.123 e. The van der Waals surface area contributed by atoms with Gasteiger partial charge in [0.1, 0.15) is 5.82 Å². The van der Waals surface area contributed by atoms with E-state index in [9.17, 15) is 0 Å². The van der Waals surface area contributed by atoms with Gasteiger partial charge >= 0.3 is 0 Å². The van der Waals surface area contributed by atoms with Crippen LogP contribution in [-0.2, 0) is 6.54 Å². The van der Waals surface area contributed by atoms with Crippen molar-refractivity contribution in [2.24, 2.45) is 0 Å². The number of pyridine rings is 1. The summed E-state index contributed by atoms with van der Waals surface area (Å²) in [5.41, 5.74) is 8.26. The standard InChI is InChI=1S/C17H22N4/c1-20-9-10-21(12-14-7-8-17(18)19-11-14)16(13-20)15-5-3-2-4-6-15/h2-8,11,16H,9-10,12-13H2,1H3,(H2,18,19). The zero-order valence-electron chi connectivity index (χ0n) is 12.4. The van der Waals surface area contributed by atoms with Crippen LogP contribution < -0.4 is 5.73 Å². The molecular formula is C17H22N4. The van der Waals surface area contributed by atoms with E-state index in [1.54, 1.807) is 0 Å². The van der Waals surface area contributed by atoms with Gasteiger partial charge in [-0.1, -0.05) is 36.4 Å². The van der Waals surface area contributed by atoms with E-state index in [1.165, 1.54) is 11.1 Å². The predicted molar refractivity (Wildman–Crippen MR) is 85.7 cm³/mol. The number of hydrogen-bond donors (Lipinski definition) is 1. The van der Waals surface area contributed by atoms with E-state index in [0.717, 1.165) is 26.2 Å². The summed E-state index contributed by atoms with van der Waals surface area (Å²) in [5, 5.41) is 0. The van der Waals surface area contributed by atoms with Crippen LogP contribution in [0.1, 0.15) is 17.2 Å². The smallest absolute Gasteiger partial charge is 0.123 e. The summed E-state index contributed by atoms with van der Waals surface area (Å²) in [6.45, 7) is 4.15. The second kappa shape index (κ2) is 6.24. The van der Waals surface area contributed by atoms with Crippen LogP contribution in [0.2, 0.25) is 0 Å². The highest BCUT2D eigenvalue weighted by atomic mass is 15.3. The third kappa shape index (κ3) is 3.40. The molecule has 2 heterocycles. The molecule has 2 N–H and O–H groups in total. The van der Waals surface area contributed by atoms with Crippen molar-refractivity contribution in [2.45, 2.75) is 12.6 Å². The molecule has 110 valence electrons. The summed E-state index contributed by atoms with van der Waals surface area (Å²) in [4.78, 5) is 9.13. The van der Waals surface area contributed by atoms with Crippen LogP contribution in [0.3, 0.4) is 0 Å². The van der Waals surface area contributed by atoms with Crippen molar-refractivity contribution in [3.63, 3.8) is 0 Å². The van der Waals surface area contributed by atoms with E-state index in [2.05, 4.69) is 58.2 Å². The van der Waals surface area contributed by atoms with Crippen molar-refractivity contribution in [3.8, 4) is 0 Å². The predicted octanol–water partition coefficient (Wildman–Crippen LogP) is 2.15. The first kappa shape index (κ1) is 14.0. The van der Waals surface area contributed by atoms with E-state index in [-0.39, 0.29) is 0 Å². The van der Waals surface area contributed by atoms with Crippen LogP contribution in [0.15, 0.2) is 48.7 Å². The molecule has 0 bridgehead atoms. The van der Waals surface area contributed by atoms with E-state index in [0.29, 0.717) is 11.9 Å². The lowest BCUT2D eigenvalue weighted by atomic mass is 10.0. The van der Waals surface area contributed by atoms with E-state index < -0.39 is 0 Å². The first-order valence-electron chi connectivity index (χ1n) is 7.40. The van der Waals surface area contributed by atoms with Crippen LogP contribution >= 0.6 is 0 Å². The van der Waals surface area contributed by atoms with Crippen LogP contribution in [0.5, 0.6) is 0 Å². The van der Waals surface area contributed by atoms with Crippen molar-refractivity contribution in [3.05, 3.63) is 59.8 Å². The topological polar surface area (TPSA) is 45.4 Å². The highest BCUT2D eigenvalue weighted by Gasteiger charge is 2.26. The summed E-state index contributed by atoms with van der Waals surface area (Å²) < 4.78 is 0. The average Bonchev–Trinajstić information content (AvgIpc) is 2.52. The molecule has 4 nitrogen and oxygen atoms in total. The molecule has 1 saturated heterocycles. The van der Waals surface area contributed by atoms with Gasteiger partial charge in [-0.05, 0) is 24.2 Å². The number of hydrogen-bond acceptors (Lipinski definition) is 4. The minimum atomic E-state index is 0.433. The summed E-state index contributed by atoms with van der Waals surface area (Å²) >= 11 is 0. The Morgan fingerprint density at radius 3 is 2.67 bits per heavy atom. The second-order valence-electron chi connectivity index (χ2n) is 5.75. The molecule has 0 spiro atoms. The van der Waals surface area contributed by atoms with Crippen molar-refractivity contribution >= 4 is 5.82 Å². The first-order valence-corrected chi connectivity index (χ1v) is 7.40. The lowest BCUT2D eigenvalue weighted by Gasteiger charge is -2.40. The van der Waals surface area contributed by atoms with Gasteiger partial charge in [-0.25, -0.2) is 4.98 Å². The molecular weight excluding hydrogens is 260 g/mol. The number of aromatic nitrogens is 1. The Balaban J connectivity index is 1.79. The minimum absolute atomic E-state index is 0.433. The SMILES string of the molecule is CN1CCN(Cc2ccc(N)nc2)C(c2ccccc2)C1. The largest absolute Gasteiger partial charge is 0.384 e. The number of likely N-dealkylation sites (N-methyl/N-ethyl adjacent to an activating group) is 1. The quantitative estimate of drug-likeness (QED) is 0.937. The van der Waals surface area contributed by atoms with E-state index in [4.69, 9.17) is 5.73 Å². The summed E-state index contributed by atoms with van der Waals surface area (Å²) in [7, 11) is 2.19. The Labute approximate surface area is 126 Å². The van der Waals surface area contributed by atoms with Crippen molar-refractivity contribution < 1.29 is 0 Å². The highest BCUT2D eigenvalue weighted by Crippen LogP contribution is 2.26. The Morgan fingerprint density at radius 2 is 1.95 bits per heavy atom. The molecule has 1 aliphatic heterocycles. The monoisotopic (exact) mass is 282 g/mol. The average molecular weight is 282 g/mol.